The second-order valence-corrected chi connectivity index (χ2v) is 9.77. The monoisotopic (exact) mass is 614 g/mol. The molecule has 5 heterocycles. The fourth-order valence-corrected chi connectivity index (χ4v) is 4.76. The van der Waals surface area contributed by atoms with Gasteiger partial charge in [-0.05, 0) is 29.8 Å². The van der Waals surface area contributed by atoms with E-state index in [1.165, 1.54) is 51.9 Å². The maximum Gasteiger partial charge on any atom is 0.433 e. The molecule has 1 aromatic carbocycles. The number of aromatic amines is 1. The molecule has 17 heteroatoms. The number of halogens is 6. The van der Waals surface area contributed by atoms with Crippen molar-refractivity contribution in [3.8, 4) is 28.1 Å². The number of nitrogens with zero attached hydrogens (tertiary/aromatic N) is 10. The lowest BCUT2D eigenvalue weighted by atomic mass is 10.0. The summed E-state index contributed by atoms with van der Waals surface area (Å²) in [5.74, 6) is -1.48. The van der Waals surface area contributed by atoms with Crippen molar-refractivity contribution >= 4 is 11.6 Å². The molecule has 0 aliphatic carbocycles. The molecule has 6 aromatic rings. The largest absolute Gasteiger partial charge is 0.433 e. The zero-order valence-corrected chi connectivity index (χ0v) is 22.6. The lowest BCUT2D eigenvalue weighted by Crippen LogP contribution is -2.33. The lowest BCUT2D eigenvalue weighted by molar-refractivity contribution is -0.659. The second-order valence-electron chi connectivity index (χ2n) is 9.36. The van der Waals surface area contributed by atoms with Gasteiger partial charge in [0, 0.05) is 43.2 Å². The van der Waals surface area contributed by atoms with Gasteiger partial charge in [0.05, 0.1) is 28.5 Å². The van der Waals surface area contributed by atoms with Crippen molar-refractivity contribution in [2.24, 2.45) is 7.05 Å². The summed E-state index contributed by atoms with van der Waals surface area (Å²) in [6.45, 7) is 0. The number of tetrazole rings is 1. The Kier molecular flexibility index (Phi) is 7.13. The highest BCUT2D eigenvalue weighted by atomic mass is 35.5. The van der Waals surface area contributed by atoms with Gasteiger partial charge in [-0.2, -0.15) is 22.7 Å². The average molecular weight is 615 g/mol. The summed E-state index contributed by atoms with van der Waals surface area (Å²) in [6.07, 6.45) is 2.42. The lowest BCUT2D eigenvalue weighted by Gasteiger charge is -2.18. The molecular weight excluding hydrogens is 597 g/mol. The van der Waals surface area contributed by atoms with Crippen LogP contribution >= 0.6 is 11.6 Å². The minimum Gasteiger partial charge on any atom is -0.263 e. The highest BCUT2D eigenvalue weighted by Gasteiger charge is 2.32. The number of pyridine rings is 2. The van der Waals surface area contributed by atoms with Crippen LogP contribution in [0.5, 0.6) is 0 Å². The molecule has 6 rings (SSSR count). The van der Waals surface area contributed by atoms with Crippen molar-refractivity contribution in [1.82, 2.24) is 50.3 Å². The van der Waals surface area contributed by atoms with Crippen molar-refractivity contribution in [2.75, 3.05) is 0 Å². The van der Waals surface area contributed by atoms with Gasteiger partial charge in [-0.25, -0.2) is 9.07 Å². The molecule has 1 atom stereocenters. The van der Waals surface area contributed by atoms with E-state index in [4.69, 9.17) is 11.6 Å². The average Bonchev–Trinajstić information content (AvgIpc) is 3.75. The third kappa shape index (κ3) is 5.43. The summed E-state index contributed by atoms with van der Waals surface area (Å²) in [4.78, 5) is 8.11. The van der Waals surface area contributed by atoms with Gasteiger partial charge in [-0.15, -0.1) is 4.68 Å². The number of hydrogen-bond acceptors (Lipinski definition) is 7. The van der Waals surface area contributed by atoms with E-state index in [0.717, 1.165) is 12.3 Å². The van der Waals surface area contributed by atoms with E-state index in [9.17, 15) is 17.6 Å². The molecule has 0 amide bonds. The SMILES string of the molecule is Cn1nnc(F)c1-c1cnn([C@H](Cc2ccc(C(F)(F)F)nc2)c2ccc(-c3c(-[n+]4cnn[nH]4)ccc(Cl)c3F)cn2)c1. The van der Waals surface area contributed by atoms with Crippen LogP contribution in [0.4, 0.5) is 22.0 Å². The topological polar surface area (TPSA) is 120 Å². The van der Waals surface area contributed by atoms with Crippen molar-refractivity contribution in [3.05, 3.63) is 101 Å². The number of H-pyrrole nitrogens is 1. The first-order chi connectivity index (χ1) is 20.6. The Bertz CT molecular complexity index is 1860. The predicted octanol–water partition coefficient (Wildman–Crippen LogP) is 4.31. The Labute approximate surface area is 243 Å². The molecule has 0 aliphatic heterocycles. The normalized spacial score (nSPS) is 12.5. The van der Waals surface area contributed by atoms with Crippen LogP contribution in [-0.4, -0.2) is 50.3 Å². The molecule has 5 aromatic heterocycles. The Morgan fingerprint density at radius 1 is 1.00 bits per heavy atom. The van der Waals surface area contributed by atoms with Crippen molar-refractivity contribution in [1.29, 1.82) is 0 Å². The molecule has 0 saturated heterocycles. The summed E-state index contributed by atoms with van der Waals surface area (Å²) in [5.41, 5.74) is 1.21. The molecule has 0 unspecified atom stereocenters. The number of rotatable bonds is 7. The smallest absolute Gasteiger partial charge is 0.263 e. The number of aryl methyl sites for hydroxylation is 1. The van der Waals surface area contributed by atoms with Crippen molar-refractivity contribution in [2.45, 2.75) is 18.6 Å². The summed E-state index contributed by atoms with van der Waals surface area (Å²) in [5, 5.41) is 21.4. The van der Waals surface area contributed by atoms with Crippen LogP contribution in [-0.2, 0) is 19.6 Å². The van der Waals surface area contributed by atoms with Gasteiger partial charge in [0.2, 0.25) is 0 Å². The fourth-order valence-electron chi connectivity index (χ4n) is 4.60. The van der Waals surface area contributed by atoms with E-state index in [1.54, 1.807) is 24.4 Å². The van der Waals surface area contributed by atoms with Crippen LogP contribution in [0.2, 0.25) is 5.02 Å². The van der Waals surface area contributed by atoms with Gasteiger partial charge in [0.15, 0.2) is 11.0 Å². The zero-order valence-electron chi connectivity index (χ0n) is 21.9. The highest BCUT2D eigenvalue weighted by molar-refractivity contribution is 6.31. The standard InChI is InChI=1S/C26H17ClF5N11/c1-41-24(25(29)37-39-41)16-11-36-42(12-16)20(8-14-2-7-21(34-9-14)26(30,31)32)18-5-3-15(10-33-18)22-19(43-13-35-38-40-43)6-4-17(27)23(22)28/h2-7,9-13,20H,8H2,1H3/p+1/t20-/m1/s1. The summed E-state index contributed by atoms with van der Waals surface area (Å²) in [7, 11) is 1.52. The van der Waals surface area contributed by atoms with Crippen LogP contribution in [0.3, 0.4) is 0 Å². The van der Waals surface area contributed by atoms with Crippen LogP contribution < -0.4 is 4.68 Å². The molecule has 0 bridgehead atoms. The van der Waals surface area contributed by atoms with Crippen LogP contribution in [0, 0.1) is 11.8 Å². The van der Waals surface area contributed by atoms with Crippen molar-refractivity contribution < 1.29 is 26.6 Å². The first-order valence-corrected chi connectivity index (χ1v) is 12.8. The first kappa shape index (κ1) is 28.0. The van der Waals surface area contributed by atoms with Crippen molar-refractivity contribution in [3.63, 3.8) is 0 Å². The molecule has 11 nitrogen and oxygen atoms in total. The van der Waals surface area contributed by atoms with Crippen LogP contribution in [0.15, 0.2) is 67.5 Å². The van der Waals surface area contributed by atoms with E-state index in [2.05, 4.69) is 40.9 Å². The van der Waals surface area contributed by atoms with E-state index in [1.807, 2.05) is 0 Å². The fraction of sp³-hybridized carbons (Fsp3) is 0.154. The second kappa shape index (κ2) is 10.9. The Morgan fingerprint density at radius 2 is 1.84 bits per heavy atom. The molecule has 0 radical (unpaired) electrons. The van der Waals surface area contributed by atoms with Crippen LogP contribution in [0.1, 0.15) is 23.0 Å². The van der Waals surface area contributed by atoms with Crippen LogP contribution in [0.25, 0.3) is 28.1 Å². The number of nitrogens with one attached hydrogen (secondary N) is 1. The summed E-state index contributed by atoms with van der Waals surface area (Å²) < 4.78 is 73.0. The van der Waals surface area contributed by atoms with E-state index < -0.39 is 29.7 Å². The highest BCUT2D eigenvalue weighted by Crippen LogP contribution is 2.33. The number of benzene rings is 1. The Hall–Kier alpha value is -5.12. The summed E-state index contributed by atoms with van der Waals surface area (Å²) >= 11 is 6.08. The maximum atomic E-state index is 15.3. The summed E-state index contributed by atoms with van der Waals surface area (Å²) in [6, 6.07) is 7.76. The molecule has 0 aliphatic rings. The van der Waals surface area contributed by atoms with Gasteiger partial charge in [0.25, 0.3) is 12.3 Å². The number of alkyl halides is 3. The maximum absolute atomic E-state index is 15.3. The minimum atomic E-state index is -4.59. The van der Waals surface area contributed by atoms with Gasteiger partial charge < -0.3 is 0 Å². The Balaban J connectivity index is 1.40. The van der Waals surface area contributed by atoms with Gasteiger partial charge in [-0.1, -0.05) is 39.3 Å². The van der Waals surface area contributed by atoms with Gasteiger partial charge in [0.1, 0.15) is 22.2 Å². The number of hydrogen-bond donors (Lipinski definition) is 1. The molecule has 1 N–H and O–H groups in total. The molecule has 0 fully saturated rings. The molecule has 43 heavy (non-hydrogen) atoms. The third-order valence-electron chi connectivity index (χ3n) is 6.65. The zero-order chi connectivity index (χ0) is 30.3. The van der Waals surface area contributed by atoms with Gasteiger partial charge in [-0.3, -0.25) is 14.6 Å². The predicted molar refractivity (Wildman–Crippen MR) is 139 cm³/mol. The van der Waals surface area contributed by atoms with E-state index >= 15 is 4.39 Å². The minimum absolute atomic E-state index is 0.0965. The molecule has 0 saturated carbocycles. The molecule has 0 spiro atoms. The Morgan fingerprint density at radius 3 is 2.47 bits per heavy atom. The van der Waals surface area contributed by atoms with Gasteiger partial charge >= 0.3 is 6.18 Å². The van der Waals surface area contributed by atoms with E-state index in [-0.39, 0.29) is 22.7 Å². The number of aromatic nitrogens is 11. The third-order valence-corrected chi connectivity index (χ3v) is 6.94. The molecule has 218 valence electrons. The molecular formula is C26H18ClF5N11+. The van der Waals surface area contributed by atoms with E-state index in [0.29, 0.717) is 28.1 Å². The quantitative estimate of drug-likeness (QED) is 0.210. The first-order valence-electron chi connectivity index (χ1n) is 12.4.